The molecule has 1 aliphatic carbocycles. The van der Waals surface area contributed by atoms with Gasteiger partial charge in [-0.05, 0) is 25.8 Å². The highest BCUT2D eigenvalue weighted by molar-refractivity contribution is 6.41. The van der Waals surface area contributed by atoms with Crippen molar-refractivity contribution >= 4 is 40.2 Å². The van der Waals surface area contributed by atoms with Gasteiger partial charge >= 0.3 is 0 Å². The van der Waals surface area contributed by atoms with Crippen molar-refractivity contribution in [3.63, 3.8) is 0 Å². The number of halogens is 2. The number of amides is 1. The molecule has 1 saturated carbocycles. The zero-order valence-corrected chi connectivity index (χ0v) is 16.1. The summed E-state index contributed by atoms with van der Waals surface area (Å²) in [5.41, 5.74) is 3.01. The summed E-state index contributed by atoms with van der Waals surface area (Å²) >= 11 is 12.3. The quantitative estimate of drug-likeness (QED) is 0.674. The normalized spacial score (nSPS) is 14.2. The Bertz CT molecular complexity index is 1020. The third-order valence-electron chi connectivity index (χ3n) is 4.59. The predicted molar refractivity (Wildman–Crippen MR) is 97.5 cm³/mol. The number of rotatable bonds is 4. The van der Waals surface area contributed by atoms with Gasteiger partial charge in [-0.15, -0.1) is 0 Å². The molecule has 3 aromatic heterocycles. The van der Waals surface area contributed by atoms with Gasteiger partial charge in [-0.1, -0.05) is 28.4 Å². The number of hydrogen-bond acceptors (Lipinski definition) is 5. The summed E-state index contributed by atoms with van der Waals surface area (Å²) in [5.74, 6) is 0.231. The van der Waals surface area contributed by atoms with Crippen molar-refractivity contribution in [1.82, 2.24) is 24.8 Å². The standard InChI is InChI=1S/C17H17Cl2N5O2/c1-8-13-10(6-11(9-4-5-9)20-16(13)26-22-8)17(25)23(2)7-12-14(18)15(19)24(3)21-12/h6,9H,4-5,7H2,1-3H3. The van der Waals surface area contributed by atoms with Gasteiger partial charge in [0.05, 0.1) is 23.2 Å². The van der Waals surface area contributed by atoms with Crippen molar-refractivity contribution in [3.05, 3.63) is 38.9 Å². The smallest absolute Gasteiger partial charge is 0.259 e. The van der Waals surface area contributed by atoms with E-state index in [1.807, 2.05) is 6.07 Å². The maximum absolute atomic E-state index is 13.1. The van der Waals surface area contributed by atoms with Gasteiger partial charge in [0, 0.05) is 25.7 Å². The molecule has 9 heteroatoms. The Balaban J connectivity index is 1.70. The third-order valence-corrected chi connectivity index (χ3v) is 5.51. The Kier molecular flexibility index (Phi) is 4.16. The lowest BCUT2D eigenvalue weighted by atomic mass is 10.1. The van der Waals surface area contributed by atoms with Gasteiger partial charge in [-0.2, -0.15) is 5.10 Å². The summed E-state index contributed by atoms with van der Waals surface area (Å²) in [4.78, 5) is 19.2. The van der Waals surface area contributed by atoms with Crippen molar-refractivity contribution in [3.8, 4) is 0 Å². The topological polar surface area (TPSA) is 77.1 Å². The minimum absolute atomic E-state index is 0.163. The van der Waals surface area contributed by atoms with E-state index in [1.165, 1.54) is 4.68 Å². The first-order chi connectivity index (χ1) is 12.4. The summed E-state index contributed by atoms with van der Waals surface area (Å²) in [6.45, 7) is 2.04. The molecule has 0 radical (unpaired) electrons. The van der Waals surface area contributed by atoms with Crippen LogP contribution in [0.4, 0.5) is 0 Å². The Morgan fingerprint density at radius 1 is 1.42 bits per heavy atom. The fourth-order valence-corrected chi connectivity index (χ4v) is 3.37. The molecular weight excluding hydrogens is 377 g/mol. The van der Waals surface area contributed by atoms with Crippen molar-refractivity contribution in [2.24, 2.45) is 7.05 Å². The van der Waals surface area contributed by atoms with Crippen LogP contribution in [0.5, 0.6) is 0 Å². The van der Waals surface area contributed by atoms with E-state index in [1.54, 1.807) is 25.9 Å². The zero-order valence-electron chi connectivity index (χ0n) is 14.6. The molecule has 0 N–H and O–H groups in total. The molecule has 136 valence electrons. The predicted octanol–water partition coefficient (Wildman–Crippen LogP) is 3.72. The number of pyridine rings is 1. The molecule has 1 fully saturated rings. The van der Waals surface area contributed by atoms with Crippen molar-refractivity contribution in [2.45, 2.75) is 32.2 Å². The number of nitrogens with zero attached hydrogens (tertiary/aromatic N) is 5. The van der Waals surface area contributed by atoms with Crippen molar-refractivity contribution < 1.29 is 9.32 Å². The minimum Gasteiger partial charge on any atom is -0.336 e. The minimum atomic E-state index is -0.163. The summed E-state index contributed by atoms with van der Waals surface area (Å²) in [7, 11) is 3.40. The second-order valence-corrected chi connectivity index (χ2v) is 7.39. The van der Waals surface area contributed by atoms with Gasteiger partial charge in [0.15, 0.2) is 0 Å². The number of aryl methyl sites for hydroxylation is 2. The van der Waals surface area contributed by atoms with Gasteiger partial charge in [0.25, 0.3) is 11.6 Å². The molecule has 0 atom stereocenters. The molecule has 0 saturated heterocycles. The van der Waals surface area contributed by atoms with Gasteiger partial charge < -0.3 is 9.42 Å². The maximum atomic E-state index is 13.1. The molecule has 3 heterocycles. The molecule has 0 bridgehead atoms. The molecule has 1 aliphatic rings. The fourth-order valence-electron chi connectivity index (χ4n) is 3.00. The van der Waals surface area contributed by atoms with Crippen LogP contribution in [0.25, 0.3) is 11.1 Å². The van der Waals surface area contributed by atoms with Crippen LogP contribution >= 0.6 is 23.2 Å². The lowest BCUT2D eigenvalue weighted by Crippen LogP contribution is -2.27. The Morgan fingerprint density at radius 2 is 2.15 bits per heavy atom. The number of hydrogen-bond donors (Lipinski definition) is 0. The van der Waals surface area contributed by atoms with E-state index in [9.17, 15) is 4.79 Å². The SMILES string of the molecule is Cc1noc2nc(C3CC3)cc(C(=O)N(C)Cc3nn(C)c(Cl)c3Cl)c12. The lowest BCUT2D eigenvalue weighted by Gasteiger charge is -2.17. The van der Waals surface area contributed by atoms with Crippen LogP contribution in [-0.2, 0) is 13.6 Å². The van der Waals surface area contributed by atoms with E-state index in [2.05, 4.69) is 15.2 Å². The van der Waals surface area contributed by atoms with Crippen LogP contribution in [0.3, 0.4) is 0 Å². The maximum Gasteiger partial charge on any atom is 0.259 e. The molecule has 0 spiro atoms. The summed E-state index contributed by atoms with van der Waals surface area (Å²) < 4.78 is 6.79. The molecule has 0 aromatic carbocycles. The monoisotopic (exact) mass is 393 g/mol. The van der Waals surface area contributed by atoms with E-state index < -0.39 is 0 Å². The van der Waals surface area contributed by atoms with E-state index >= 15 is 0 Å². The Labute approximate surface area is 159 Å². The highest BCUT2D eigenvalue weighted by Crippen LogP contribution is 2.40. The molecule has 0 unspecified atom stereocenters. The first kappa shape index (κ1) is 17.3. The number of carbonyl (C=O) groups is 1. The molecule has 0 aliphatic heterocycles. The zero-order chi connectivity index (χ0) is 18.6. The molecule has 26 heavy (non-hydrogen) atoms. The van der Waals surface area contributed by atoms with Crippen LogP contribution in [0, 0.1) is 6.92 Å². The Morgan fingerprint density at radius 3 is 2.77 bits per heavy atom. The molecule has 4 rings (SSSR count). The highest BCUT2D eigenvalue weighted by atomic mass is 35.5. The van der Waals surface area contributed by atoms with Crippen molar-refractivity contribution in [2.75, 3.05) is 7.05 Å². The molecular formula is C17H17Cl2N5O2. The first-order valence-electron chi connectivity index (χ1n) is 8.26. The number of fused-ring (bicyclic) bond motifs is 1. The first-order valence-corrected chi connectivity index (χ1v) is 9.01. The largest absolute Gasteiger partial charge is 0.336 e. The average molecular weight is 394 g/mol. The van der Waals surface area contributed by atoms with Gasteiger partial charge in [0.2, 0.25) is 0 Å². The summed E-state index contributed by atoms with van der Waals surface area (Å²) in [6.07, 6.45) is 2.16. The van der Waals surface area contributed by atoms with Gasteiger partial charge in [0.1, 0.15) is 15.9 Å². The molecule has 3 aromatic rings. The fraction of sp³-hybridized carbons (Fsp3) is 0.412. The summed E-state index contributed by atoms with van der Waals surface area (Å²) in [6, 6.07) is 1.86. The van der Waals surface area contributed by atoms with Crippen LogP contribution < -0.4 is 0 Å². The van der Waals surface area contributed by atoms with E-state index in [4.69, 9.17) is 27.7 Å². The third kappa shape index (κ3) is 2.85. The van der Waals surface area contributed by atoms with Gasteiger partial charge in [-0.25, -0.2) is 4.98 Å². The average Bonchev–Trinajstić information content (AvgIpc) is 3.37. The van der Waals surface area contributed by atoms with E-state index in [0.717, 1.165) is 18.5 Å². The van der Waals surface area contributed by atoms with Crippen LogP contribution in [0.1, 0.15) is 46.2 Å². The van der Waals surface area contributed by atoms with Crippen LogP contribution in [0.2, 0.25) is 10.2 Å². The summed E-state index contributed by atoms with van der Waals surface area (Å²) in [5, 5.41) is 9.59. The van der Waals surface area contributed by atoms with E-state index in [0.29, 0.717) is 44.1 Å². The van der Waals surface area contributed by atoms with Crippen LogP contribution in [0.15, 0.2) is 10.6 Å². The highest BCUT2D eigenvalue weighted by Gasteiger charge is 2.29. The number of aromatic nitrogens is 4. The van der Waals surface area contributed by atoms with Gasteiger partial charge in [-0.3, -0.25) is 9.48 Å². The Hall–Kier alpha value is -2.12. The molecule has 1 amide bonds. The molecule has 7 nitrogen and oxygen atoms in total. The van der Waals surface area contributed by atoms with Crippen LogP contribution in [-0.4, -0.2) is 37.8 Å². The van der Waals surface area contributed by atoms with Crippen molar-refractivity contribution in [1.29, 1.82) is 0 Å². The number of carbonyl (C=O) groups excluding carboxylic acids is 1. The van der Waals surface area contributed by atoms with E-state index in [-0.39, 0.29) is 12.5 Å². The second kappa shape index (κ2) is 6.25. The lowest BCUT2D eigenvalue weighted by molar-refractivity contribution is 0.0785. The second-order valence-electron chi connectivity index (χ2n) is 6.65.